The lowest BCUT2D eigenvalue weighted by Gasteiger charge is -2.16. The summed E-state index contributed by atoms with van der Waals surface area (Å²) in [5.74, 6) is 1.56. The van der Waals surface area contributed by atoms with Crippen molar-refractivity contribution in [3.63, 3.8) is 0 Å². The van der Waals surface area contributed by atoms with Gasteiger partial charge in [-0.1, -0.05) is 0 Å². The minimum absolute atomic E-state index is 0.511. The van der Waals surface area contributed by atoms with Crippen molar-refractivity contribution in [3.05, 3.63) is 38.0 Å². The maximum absolute atomic E-state index is 10.6. The van der Waals surface area contributed by atoms with E-state index >= 15 is 0 Å². The third-order valence-electron chi connectivity index (χ3n) is 3.09. The Hall–Kier alpha value is -1.24. The molecule has 2 aromatic rings. The highest BCUT2D eigenvalue weighted by molar-refractivity contribution is 9.10. The minimum atomic E-state index is -0.758. The van der Waals surface area contributed by atoms with Crippen molar-refractivity contribution in [2.75, 3.05) is 21.3 Å². The summed E-state index contributed by atoms with van der Waals surface area (Å²) in [6.07, 6.45) is -0.758. The number of halogens is 1. The Morgan fingerprint density at radius 2 is 1.62 bits per heavy atom. The Labute approximate surface area is 136 Å². The van der Waals surface area contributed by atoms with Crippen LogP contribution in [0.1, 0.15) is 21.4 Å². The summed E-state index contributed by atoms with van der Waals surface area (Å²) in [6, 6.07) is 5.50. The van der Waals surface area contributed by atoms with E-state index in [0.29, 0.717) is 22.8 Å². The van der Waals surface area contributed by atoms with Crippen LogP contribution in [0.25, 0.3) is 0 Å². The van der Waals surface area contributed by atoms with Gasteiger partial charge in [0.15, 0.2) is 11.5 Å². The molecule has 1 aromatic carbocycles. The average Bonchev–Trinajstić information content (AvgIpc) is 2.83. The Morgan fingerprint density at radius 3 is 2.00 bits per heavy atom. The third-order valence-corrected chi connectivity index (χ3v) is 5.11. The molecular weight excluding hydrogens is 356 g/mol. The minimum Gasteiger partial charge on any atom is -0.493 e. The second-order valence-electron chi connectivity index (χ2n) is 4.43. The molecule has 0 aliphatic carbocycles. The molecule has 1 unspecified atom stereocenters. The molecule has 1 N–H and O–H groups in total. The van der Waals surface area contributed by atoms with Crippen LogP contribution in [0.3, 0.4) is 0 Å². The molecule has 0 fully saturated rings. The number of rotatable bonds is 5. The molecule has 1 atom stereocenters. The number of ether oxygens (including phenoxy) is 3. The normalized spacial score (nSPS) is 12.1. The van der Waals surface area contributed by atoms with E-state index < -0.39 is 6.10 Å². The first-order valence-corrected chi connectivity index (χ1v) is 7.86. The van der Waals surface area contributed by atoms with Crippen LogP contribution in [0.5, 0.6) is 17.2 Å². The molecule has 4 nitrogen and oxygen atoms in total. The Bertz CT molecular complexity index is 614. The van der Waals surface area contributed by atoms with Gasteiger partial charge in [-0.05, 0) is 46.6 Å². The molecule has 0 spiro atoms. The molecule has 0 bridgehead atoms. The van der Waals surface area contributed by atoms with Crippen LogP contribution in [0.4, 0.5) is 0 Å². The number of aliphatic hydroxyl groups is 1. The van der Waals surface area contributed by atoms with Gasteiger partial charge >= 0.3 is 0 Å². The topological polar surface area (TPSA) is 47.9 Å². The first-order valence-electron chi connectivity index (χ1n) is 6.25. The van der Waals surface area contributed by atoms with Crippen LogP contribution in [0.15, 0.2) is 22.7 Å². The zero-order chi connectivity index (χ0) is 15.6. The number of hydrogen-bond donors (Lipinski definition) is 1. The summed E-state index contributed by atoms with van der Waals surface area (Å²) in [5, 5.41) is 10.6. The van der Waals surface area contributed by atoms with E-state index in [1.54, 1.807) is 44.8 Å². The number of hydrogen-bond acceptors (Lipinski definition) is 5. The van der Waals surface area contributed by atoms with Gasteiger partial charge in [0.1, 0.15) is 6.10 Å². The Balaban J connectivity index is 2.51. The summed E-state index contributed by atoms with van der Waals surface area (Å²) in [7, 11) is 4.66. The van der Waals surface area contributed by atoms with Crippen molar-refractivity contribution in [2.24, 2.45) is 0 Å². The second kappa shape index (κ2) is 6.68. The molecule has 2 rings (SSSR count). The van der Waals surface area contributed by atoms with Crippen molar-refractivity contribution >= 4 is 27.3 Å². The molecule has 0 aliphatic heterocycles. The molecule has 0 saturated heterocycles. The quantitative estimate of drug-likeness (QED) is 0.863. The van der Waals surface area contributed by atoms with Gasteiger partial charge < -0.3 is 19.3 Å². The summed E-state index contributed by atoms with van der Waals surface area (Å²) < 4.78 is 16.8. The third kappa shape index (κ3) is 3.17. The summed E-state index contributed by atoms with van der Waals surface area (Å²) in [4.78, 5) is 1.98. The fourth-order valence-electron chi connectivity index (χ4n) is 2.10. The van der Waals surface area contributed by atoms with Crippen molar-refractivity contribution in [2.45, 2.75) is 13.0 Å². The van der Waals surface area contributed by atoms with E-state index in [2.05, 4.69) is 15.9 Å². The summed E-state index contributed by atoms with van der Waals surface area (Å²) in [5.41, 5.74) is 0.687. The van der Waals surface area contributed by atoms with Gasteiger partial charge in [-0.3, -0.25) is 0 Å². The number of methoxy groups -OCH3 is 3. The van der Waals surface area contributed by atoms with E-state index in [9.17, 15) is 5.11 Å². The maximum Gasteiger partial charge on any atom is 0.203 e. The van der Waals surface area contributed by atoms with Crippen LogP contribution in [-0.4, -0.2) is 26.4 Å². The number of aliphatic hydroxyl groups excluding tert-OH is 1. The van der Waals surface area contributed by atoms with Crippen LogP contribution in [0, 0.1) is 6.92 Å². The molecule has 21 heavy (non-hydrogen) atoms. The van der Waals surface area contributed by atoms with Gasteiger partial charge in [-0.25, -0.2) is 0 Å². The lowest BCUT2D eigenvalue weighted by atomic mass is 10.1. The first kappa shape index (κ1) is 16.1. The van der Waals surface area contributed by atoms with E-state index in [-0.39, 0.29) is 0 Å². The molecular formula is C15H17BrO4S. The molecule has 0 amide bonds. The van der Waals surface area contributed by atoms with Gasteiger partial charge in [-0.15, -0.1) is 11.3 Å². The molecule has 0 saturated carbocycles. The molecule has 1 heterocycles. The molecule has 0 radical (unpaired) electrons. The SMILES string of the molecule is COc1cc(C(O)c2sc(C)cc2Br)cc(OC)c1OC. The van der Waals surface area contributed by atoms with Gasteiger partial charge in [-0.2, -0.15) is 0 Å². The molecule has 114 valence electrons. The van der Waals surface area contributed by atoms with E-state index in [4.69, 9.17) is 14.2 Å². The second-order valence-corrected chi connectivity index (χ2v) is 6.57. The summed E-state index contributed by atoms with van der Waals surface area (Å²) >= 11 is 5.02. The average molecular weight is 373 g/mol. The smallest absolute Gasteiger partial charge is 0.203 e. The predicted octanol–water partition coefficient (Wildman–Crippen LogP) is 3.93. The highest BCUT2D eigenvalue weighted by Gasteiger charge is 2.21. The standard InChI is InChI=1S/C15H17BrO4S/c1-8-5-10(16)15(21-8)13(17)9-6-11(18-2)14(20-4)12(7-9)19-3/h5-7,13,17H,1-4H3. The zero-order valence-corrected chi connectivity index (χ0v) is 14.7. The fraction of sp³-hybridized carbons (Fsp3) is 0.333. The number of benzene rings is 1. The Kier molecular flexibility index (Phi) is 5.13. The summed E-state index contributed by atoms with van der Waals surface area (Å²) in [6.45, 7) is 2.00. The van der Waals surface area contributed by atoms with Crippen LogP contribution < -0.4 is 14.2 Å². The first-order chi connectivity index (χ1) is 10.0. The van der Waals surface area contributed by atoms with Crippen LogP contribution >= 0.6 is 27.3 Å². The molecule has 1 aromatic heterocycles. The molecule has 0 aliphatic rings. The monoisotopic (exact) mass is 372 g/mol. The maximum atomic E-state index is 10.6. The lowest BCUT2D eigenvalue weighted by molar-refractivity contribution is 0.221. The van der Waals surface area contributed by atoms with Gasteiger partial charge in [0, 0.05) is 9.35 Å². The lowest BCUT2D eigenvalue weighted by Crippen LogP contribution is -2.02. The number of thiophene rings is 1. The highest BCUT2D eigenvalue weighted by Crippen LogP contribution is 2.43. The van der Waals surface area contributed by atoms with Gasteiger partial charge in [0.2, 0.25) is 5.75 Å². The number of aryl methyl sites for hydroxylation is 1. The molecule has 6 heteroatoms. The van der Waals surface area contributed by atoms with Crippen molar-refractivity contribution in [1.82, 2.24) is 0 Å². The zero-order valence-electron chi connectivity index (χ0n) is 12.3. The predicted molar refractivity (Wildman–Crippen MR) is 86.9 cm³/mol. The largest absolute Gasteiger partial charge is 0.493 e. The van der Waals surface area contributed by atoms with Crippen LogP contribution in [0.2, 0.25) is 0 Å². The van der Waals surface area contributed by atoms with Crippen LogP contribution in [-0.2, 0) is 0 Å². The van der Waals surface area contributed by atoms with E-state index in [0.717, 1.165) is 14.2 Å². The highest BCUT2D eigenvalue weighted by atomic mass is 79.9. The van der Waals surface area contributed by atoms with Crippen molar-refractivity contribution in [3.8, 4) is 17.2 Å². The van der Waals surface area contributed by atoms with E-state index in [1.807, 2.05) is 13.0 Å². The van der Waals surface area contributed by atoms with Crippen molar-refractivity contribution in [1.29, 1.82) is 0 Å². The Morgan fingerprint density at radius 1 is 1.05 bits per heavy atom. The van der Waals surface area contributed by atoms with E-state index in [1.165, 1.54) is 0 Å². The van der Waals surface area contributed by atoms with Crippen molar-refractivity contribution < 1.29 is 19.3 Å². The van der Waals surface area contributed by atoms with Gasteiger partial charge in [0.05, 0.1) is 26.2 Å². The van der Waals surface area contributed by atoms with Gasteiger partial charge in [0.25, 0.3) is 0 Å². The fourth-order valence-corrected chi connectivity index (χ4v) is 3.98.